The van der Waals surface area contributed by atoms with Crippen LogP contribution in [0, 0.1) is 0 Å². The van der Waals surface area contributed by atoms with Crippen molar-refractivity contribution in [1.82, 2.24) is 10.3 Å². The molecule has 20 heavy (non-hydrogen) atoms. The van der Waals surface area contributed by atoms with Crippen LogP contribution in [0.2, 0.25) is 0 Å². The zero-order valence-corrected chi connectivity index (χ0v) is 12.5. The molecule has 0 fully saturated rings. The Balaban J connectivity index is 1.97. The number of nitrogens with zero attached hydrogens (tertiary/aromatic N) is 1. The van der Waals surface area contributed by atoms with E-state index in [0.717, 1.165) is 12.8 Å². The number of rotatable bonds is 7. The van der Waals surface area contributed by atoms with Crippen molar-refractivity contribution in [2.45, 2.75) is 38.6 Å². The van der Waals surface area contributed by atoms with E-state index < -0.39 is 0 Å². The Kier molecular flexibility index (Phi) is 5.75. The summed E-state index contributed by atoms with van der Waals surface area (Å²) in [6, 6.07) is 13.6. The summed E-state index contributed by atoms with van der Waals surface area (Å²) in [5.41, 5.74) is 4.16. The molecule has 0 radical (unpaired) electrons. The van der Waals surface area contributed by atoms with E-state index in [9.17, 15) is 0 Å². The van der Waals surface area contributed by atoms with Crippen LogP contribution in [0.4, 0.5) is 0 Å². The fourth-order valence-corrected chi connectivity index (χ4v) is 2.54. The molecule has 106 valence electrons. The monoisotopic (exact) mass is 268 g/mol. The van der Waals surface area contributed by atoms with Crippen LogP contribution in [-0.2, 0) is 12.8 Å². The second-order valence-electron chi connectivity index (χ2n) is 5.23. The highest BCUT2D eigenvalue weighted by Gasteiger charge is 2.09. The number of nitrogens with one attached hydrogen (secondary N) is 1. The number of hydrogen-bond donors (Lipinski definition) is 1. The molecule has 2 heteroatoms. The lowest BCUT2D eigenvalue weighted by molar-refractivity contribution is 0.549. The van der Waals surface area contributed by atoms with E-state index in [1.807, 2.05) is 19.4 Å². The van der Waals surface area contributed by atoms with E-state index in [1.165, 1.54) is 29.5 Å². The number of pyridine rings is 1. The average Bonchev–Trinajstić information content (AvgIpc) is 2.51. The molecule has 1 unspecified atom stereocenters. The molecule has 1 N–H and O–H groups in total. The summed E-state index contributed by atoms with van der Waals surface area (Å²) >= 11 is 0. The van der Waals surface area contributed by atoms with E-state index in [4.69, 9.17) is 0 Å². The molecule has 0 amide bonds. The minimum absolute atomic E-state index is 0.416. The van der Waals surface area contributed by atoms with Crippen molar-refractivity contribution < 1.29 is 0 Å². The van der Waals surface area contributed by atoms with Crippen molar-refractivity contribution in [2.75, 3.05) is 7.05 Å². The van der Waals surface area contributed by atoms with Crippen LogP contribution in [0.5, 0.6) is 0 Å². The Labute approximate surface area is 122 Å². The van der Waals surface area contributed by atoms with Crippen molar-refractivity contribution >= 4 is 0 Å². The first-order valence-electron chi connectivity index (χ1n) is 7.48. The molecule has 1 aromatic carbocycles. The topological polar surface area (TPSA) is 24.9 Å². The fourth-order valence-electron chi connectivity index (χ4n) is 2.54. The van der Waals surface area contributed by atoms with Gasteiger partial charge in [0.25, 0.3) is 0 Å². The quantitative estimate of drug-likeness (QED) is 0.823. The third-order valence-electron chi connectivity index (χ3n) is 3.74. The first kappa shape index (κ1) is 14.7. The van der Waals surface area contributed by atoms with Gasteiger partial charge < -0.3 is 5.32 Å². The summed E-state index contributed by atoms with van der Waals surface area (Å²) in [5.74, 6) is 0. The molecule has 0 aliphatic heterocycles. The largest absolute Gasteiger partial charge is 0.313 e. The molecular formula is C18H24N2. The molecule has 1 aromatic heterocycles. The van der Waals surface area contributed by atoms with Crippen LogP contribution in [-0.4, -0.2) is 12.0 Å². The smallest absolute Gasteiger partial charge is 0.0320 e. The average molecular weight is 268 g/mol. The molecule has 0 spiro atoms. The Morgan fingerprint density at radius 2 is 1.60 bits per heavy atom. The number of benzene rings is 1. The fraction of sp³-hybridized carbons (Fsp3) is 0.389. The molecule has 0 saturated heterocycles. The van der Waals surface area contributed by atoms with Gasteiger partial charge in [-0.05, 0) is 55.1 Å². The summed E-state index contributed by atoms with van der Waals surface area (Å²) in [7, 11) is 2.04. The zero-order valence-electron chi connectivity index (χ0n) is 12.5. The van der Waals surface area contributed by atoms with E-state index in [2.05, 4.69) is 53.6 Å². The van der Waals surface area contributed by atoms with Gasteiger partial charge in [0, 0.05) is 18.4 Å². The predicted molar refractivity (Wildman–Crippen MR) is 84.8 cm³/mol. The molecule has 1 atom stereocenters. The normalized spacial score (nSPS) is 12.3. The van der Waals surface area contributed by atoms with Crippen molar-refractivity contribution in [3.63, 3.8) is 0 Å². The van der Waals surface area contributed by atoms with Crippen molar-refractivity contribution in [3.05, 3.63) is 65.5 Å². The van der Waals surface area contributed by atoms with Crippen molar-refractivity contribution in [3.8, 4) is 0 Å². The first-order chi connectivity index (χ1) is 9.83. The van der Waals surface area contributed by atoms with Gasteiger partial charge in [-0.1, -0.05) is 37.6 Å². The second-order valence-corrected chi connectivity index (χ2v) is 5.23. The van der Waals surface area contributed by atoms with Crippen molar-refractivity contribution in [1.29, 1.82) is 0 Å². The molecule has 0 saturated carbocycles. The van der Waals surface area contributed by atoms with E-state index in [-0.39, 0.29) is 0 Å². The molecule has 0 aliphatic rings. The van der Waals surface area contributed by atoms with Gasteiger partial charge in [0.05, 0.1) is 0 Å². The maximum Gasteiger partial charge on any atom is 0.0320 e. The lowest BCUT2D eigenvalue weighted by Crippen LogP contribution is -2.17. The maximum atomic E-state index is 4.06. The Morgan fingerprint density at radius 1 is 0.950 bits per heavy atom. The predicted octanol–water partition coefficient (Wildman–Crippen LogP) is 3.93. The highest BCUT2D eigenvalue weighted by atomic mass is 14.9. The third kappa shape index (κ3) is 4.17. The minimum Gasteiger partial charge on any atom is -0.313 e. The maximum absolute atomic E-state index is 4.06. The number of aromatic nitrogens is 1. The molecule has 2 nitrogen and oxygen atoms in total. The van der Waals surface area contributed by atoms with Gasteiger partial charge in [-0.25, -0.2) is 0 Å². The lowest BCUT2D eigenvalue weighted by Gasteiger charge is -2.17. The van der Waals surface area contributed by atoms with Crippen LogP contribution in [0.15, 0.2) is 48.8 Å². The van der Waals surface area contributed by atoms with Crippen LogP contribution in [0.1, 0.15) is 42.5 Å². The lowest BCUT2D eigenvalue weighted by atomic mass is 9.98. The summed E-state index contributed by atoms with van der Waals surface area (Å²) in [6.45, 7) is 2.22. The van der Waals surface area contributed by atoms with E-state index in [1.54, 1.807) is 0 Å². The van der Waals surface area contributed by atoms with Crippen LogP contribution >= 0.6 is 0 Å². The van der Waals surface area contributed by atoms with Gasteiger partial charge >= 0.3 is 0 Å². The summed E-state index contributed by atoms with van der Waals surface area (Å²) in [4.78, 5) is 4.06. The third-order valence-corrected chi connectivity index (χ3v) is 3.74. The molecular weight excluding hydrogens is 244 g/mol. The molecule has 1 heterocycles. The number of aryl methyl sites for hydroxylation is 2. The minimum atomic E-state index is 0.416. The van der Waals surface area contributed by atoms with Crippen LogP contribution in [0.3, 0.4) is 0 Å². The molecule has 0 bridgehead atoms. The van der Waals surface area contributed by atoms with Crippen LogP contribution < -0.4 is 5.32 Å². The van der Waals surface area contributed by atoms with Gasteiger partial charge in [0.15, 0.2) is 0 Å². The molecule has 0 aliphatic carbocycles. The van der Waals surface area contributed by atoms with Gasteiger partial charge in [-0.3, -0.25) is 4.98 Å². The SMILES string of the molecule is CCCc1ccc(C(CCc2ccncc2)NC)cc1. The van der Waals surface area contributed by atoms with Crippen LogP contribution in [0.25, 0.3) is 0 Å². The Bertz CT molecular complexity index is 491. The second kappa shape index (κ2) is 7.81. The summed E-state index contributed by atoms with van der Waals surface area (Å²) in [6.07, 6.45) is 8.28. The first-order valence-corrected chi connectivity index (χ1v) is 7.48. The Morgan fingerprint density at radius 3 is 2.20 bits per heavy atom. The van der Waals surface area contributed by atoms with Gasteiger partial charge in [-0.2, -0.15) is 0 Å². The standard InChI is InChI=1S/C18H24N2/c1-3-4-15-5-8-17(9-6-15)18(19-2)10-7-16-11-13-20-14-12-16/h5-6,8-9,11-14,18-19H,3-4,7,10H2,1-2H3. The van der Waals surface area contributed by atoms with Gasteiger partial charge in [0.1, 0.15) is 0 Å². The van der Waals surface area contributed by atoms with E-state index >= 15 is 0 Å². The highest BCUT2D eigenvalue weighted by Crippen LogP contribution is 2.19. The highest BCUT2D eigenvalue weighted by molar-refractivity contribution is 5.25. The Hall–Kier alpha value is -1.67. The zero-order chi connectivity index (χ0) is 14.2. The number of hydrogen-bond acceptors (Lipinski definition) is 2. The molecule has 2 rings (SSSR count). The van der Waals surface area contributed by atoms with E-state index in [0.29, 0.717) is 6.04 Å². The molecule has 2 aromatic rings. The summed E-state index contributed by atoms with van der Waals surface area (Å²) in [5, 5.41) is 3.42. The van der Waals surface area contributed by atoms with Gasteiger partial charge in [0.2, 0.25) is 0 Å². The summed E-state index contributed by atoms with van der Waals surface area (Å²) < 4.78 is 0. The van der Waals surface area contributed by atoms with Crippen molar-refractivity contribution in [2.24, 2.45) is 0 Å². The van der Waals surface area contributed by atoms with Gasteiger partial charge in [-0.15, -0.1) is 0 Å².